The first-order valence-electron chi connectivity index (χ1n) is 11.1. The molecule has 1 spiro atoms. The third kappa shape index (κ3) is 1.76. The standard InChI is InChI=1S/C22H33NO5/c1-10(24)28-18-11-6-12-17(18)21(26,8-14(11)27-3)13-7-15-20(2)5-4-16(25)22(12,15)19(13)23-9-20/h11-19,23,25-26H,4-9H2,1-3H3. The third-order valence-electron chi connectivity index (χ3n) is 10.4. The molecule has 0 amide bonds. The minimum absolute atomic E-state index is 0.0862. The van der Waals surface area contributed by atoms with E-state index in [0.717, 1.165) is 32.2 Å². The second-order valence-corrected chi connectivity index (χ2v) is 11.0. The first-order valence-corrected chi connectivity index (χ1v) is 11.1. The molecule has 6 heteroatoms. The highest BCUT2D eigenvalue weighted by Crippen LogP contribution is 2.77. The number of carbonyl (C=O) groups excluding carboxylic acids is 1. The number of piperidine rings is 1. The van der Waals surface area contributed by atoms with Gasteiger partial charge in [-0.3, -0.25) is 4.79 Å². The fourth-order valence-electron chi connectivity index (χ4n) is 9.68. The van der Waals surface area contributed by atoms with E-state index in [0.29, 0.717) is 12.3 Å². The summed E-state index contributed by atoms with van der Waals surface area (Å²) in [6.45, 7) is 4.82. The highest BCUT2D eigenvalue weighted by Gasteiger charge is 2.82. The predicted molar refractivity (Wildman–Crippen MR) is 100 cm³/mol. The molecule has 0 aromatic rings. The Labute approximate surface area is 166 Å². The van der Waals surface area contributed by atoms with Crippen LogP contribution in [0.4, 0.5) is 0 Å². The topological polar surface area (TPSA) is 88.0 Å². The molecule has 28 heavy (non-hydrogen) atoms. The van der Waals surface area contributed by atoms with Gasteiger partial charge in [-0.15, -0.1) is 0 Å². The molecule has 5 saturated carbocycles. The molecule has 6 fully saturated rings. The smallest absolute Gasteiger partial charge is 0.302 e. The summed E-state index contributed by atoms with van der Waals surface area (Å²) in [6, 6.07) is 0.152. The van der Waals surface area contributed by atoms with E-state index >= 15 is 0 Å². The summed E-state index contributed by atoms with van der Waals surface area (Å²) in [5.41, 5.74) is -0.929. The Balaban J connectivity index is 1.55. The zero-order valence-corrected chi connectivity index (χ0v) is 17.1. The van der Waals surface area contributed by atoms with Gasteiger partial charge in [-0.2, -0.15) is 0 Å². The van der Waals surface area contributed by atoms with E-state index in [1.54, 1.807) is 7.11 Å². The van der Waals surface area contributed by atoms with E-state index in [4.69, 9.17) is 9.47 Å². The quantitative estimate of drug-likeness (QED) is 0.611. The Bertz CT molecular complexity index is 730. The summed E-state index contributed by atoms with van der Waals surface area (Å²) >= 11 is 0. The summed E-state index contributed by atoms with van der Waals surface area (Å²) in [5.74, 6) is 0.427. The lowest BCUT2D eigenvalue weighted by molar-refractivity contribution is -0.245. The summed E-state index contributed by atoms with van der Waals surface area (Å²) in [5, 5.41) is 27.5. The minimum Gasteiger partial charge on any atom is -0.462 e. The SMILES string of the molecule is COC1CC2(O)C3CC4C5(C)CCC(O)C4(C4CC1C(OC(C)=O)C42)C3NC5. The molecule has 6 rings (SSSR count). The normalized spacial score (nSPS) is 63.2. The summed E-state index contributed by atoms with van der Waals surface area (Å²) in [4.78, 5) is 11.9. The number of aliphatic hydroxyl groups excluding tert-OH is 1. The monoisotopic (exact) mass is 391 g/mol. The Morgan fingerprint density at radius 3 is 2.75 bits per heavy atom. The number of rotatable bonds is 2. The van der Waals surface area contributed by atoms with Crippen molar-refractivity contribution < 1.29 is 24.5 Å². The molecular weight excluding hydrogens is 358 g/mol. The van der Waals surface area contributed by atoms with Crippen molar-refractivity contribution in [2.45, 2.75) is 75.9 Å². The maximum absolute atomic E-state index is 12.2. The van der Waals surface area contributed by atoms with Crippen molar-refractivity contribution in [3.05, 3.63) is 0 Å². The number of hydrogen-bond acceptors (Lipinski definition) is 6. The van der Waals surface area contributed by atoms with Gasteiger partial charge in [0.2, 0.25) is 0 Å². The maximum atomic E-state index is 12.2. The van der Waals surface area contributed by atoms with Gasteiger partial charge in [-0.05, 0) is 42.9 Å². The van der Waals surface area contributed by atoms with Gasteiger partial charge in [0.25, 0.3) is 0 Å². The van der Waals surface area contributed by atoms with Crippen molar-refractivity contribution >= 4 is 5.97 Å². The van der Waals surface area contributed by atoms with Crippen molar-refractivity contribution in [2.24, 2.45) is 40.4 Å². The molecular formula is C22H33NO5. The van der Waals surface area contributed by atoms with E-state index in [1.807, 2.05) is 0 Å². The second kappa shape index (κ2) is 5.32. The summed E-state index contributed by atoms with van der Waals surface area (Å²) in [6.07, 6.45) is 3.59. The van der Waals surface area contributed by atoms with E-state index < -0.39 is 5.60 Å². The van der Waals surface area contributed by atoms with Crippen molar-refractivity contribution in [2.75, 3.05) is 13.7 Å². The summed E-state index contributed by atoms with van der Waals surface area (Å²) in [7, 11) is 1.71. The van der Waals surface area contributed by atoms with Gasteiger partial charge < -0.3 is 25.0 Å². The van der Waals surface area contributed by atoms with Crippen molar-refractivity contribution in [1.82, 2.24) is 5.32 Å². The van der Waals surface area contributed by atoms with E-state index in [9.17, 15) is 15.0 Å². The van der Waals surface area contributed by atoms with Gasteiger partial charge in [0, 0.05) is 56.2 Å². The van der Waals surface area contributed by atoms with Crippen LogP contribution in [0.15, 0.2) is 0 Å². The lowest BCUT2D eigenvalue weighted by Crippen LogP contribution is -2.75. The number of hydrogen-bond donors (Lipinski definition) is 3. The Kier molecular flexibility index (Phi) is 3.44. The second-order valence-electron chi connectivity index (χ2n) is 11.0. The third-order valence-corrected chi connectivity index (χ3v) is 10.4. The molecule has 0 radical (unpaired) electrons. The lowest BCUT2D eigenvalue weighted by Gasteiger charge is -2.66. The molecule has 12 unspecified atom stereocenters. The van der Waals surface area contributed by atoms with E-state index in [-0.39, 0.29) is 64.8 Å². The van der Waals surface area contributed by atoms with Crippen LogP contribution in [0.25, 0.3) is 0 Å². The van der Waals surface area contributed by atoms with Gasteiger partial charge in [0.1, 0.15) is 6.10 Å². The Morgan fingerprint density at radius 2 is 2.04 bits per heavy atom. The molecule has 6 aliphatic rings. The fraction of sp³-hybridized carbons (Fsp3) is 0.955. The summed E-state index contributed by atoms with van der Waals surface area (Å²) < 4.78 is 11.7. The number of aliphatic hydroxyl groups is 2. The van der Waals surface area contributed by atoms with Crippen LogP contribution in [-0.2, 0) is 14.3 Å². The number of fused-ring (bicyclic) bond motifs is 2. The van der Waals surface area contributed by atoms with Gasteiger partial charge in [0.05, 0.1) is 17.8 Å². The molecule has 5 aliphatic carbocycles. The Morgan fingerprint density at radius 1 is 1.25 bits per heavy atom. The molecule has 1 heterocycles. The van der Waals surface area contributed by atoms with Crippen molar-refractivity contribution in [3.8, 4) is 0 Å². The highest BCUT2D eigenvalue weighted by molar-refractivity contribution is 5.66. The average Bonchev–Trinajstić information content (AvgIpc) is 3.07. The zero-order chi connectivity index (χ0) is 19.6. The Hall–Kier alpha value is -0.690. The van der Waals surface area contributed by atoms with Gasteiger partial charge in [-0.1, -0.05) is 6.92 Å². The van der Waals surface area contributed by atoms with Crippen LogP contribution < -0.4 is 5.32 Å². The van der Waals surface area contributed by atoms with Crippen LogP contribution in [0.1, 0.15) is 46.0 Å². The van der Waals surface area contributed by atoms with Gasteiger partial charge in [-0.25, -0.2) is 0 Å². The molecule has 0 aromatic carbocycles. The first kappa shape index (κ1) is 18.1. The molecule has 6 nitrogen and oxygen atoms in total. The highest BCUT2D eigenvalue weighted by atomic mass is 16.5. The van der Waals surface area contributed by atoms with Crippen LogP contribution >= 0.6 is 0 Å². The zero-order valence-electron chi connectivity index (χ0n) is 17.1. The fourth-order valence-corrected chi connectivity index (χ4v) is 9.68. The van der Waals surface area contributed by atoms with Crippen LogP contribution in [0.3, 0.4) is 0 Å². The van der Waals surface area contributed by atoms with E-state index in [2.05, 4.69) is 12.2 Å². The number of nitrogens with one attached hydrogen (secondary N) is 1. The number of ether oxygens (including phenoxy) is 2. The largest absolute Gasteiger partial charge is 0.462 e. The van der Waals surface area contributed by atoms with Crippen LogP contribution in [0.2, 0.25) is 0 Å². The van der Waals surface area contributed by atoms with Crippen molar-refractivity contribution in [3.63, 3.8) is 0 Å². The van der Waals surface area contributed by atoms with Crippen LogP contribution in [-0.4, -0.2) is 59.8 Å². The first-order chi connectivity index (χ1) is 13.3. The number of carbonyl (C=O) groups is 1. The predicted octanol–water partition coefficient (Wildman–Crippen LogP) is 1.09. The lowest BCUT2D eigenvalue weighted by atomic mass is 9.44. The van der Waals surface area contributed by atoms with Gasteiger partial charge in [0.15, 0.2) is 0 Å². The molecule has 3 N–H and O–H groups in total. The minimum atomic E-state index is -0.899. The average molecular weight is 392 g/mol. The molecule has 1 saturated heterocycles. The molecule has 0 aromatic heterocycles. The van der Waals surface area contributed by atoms with E-state index in [1.165, 1.54) is 6.92 Å². The number of methoxy groups -OCH3 is 1. The molecule has 12 atom stereocenters. The van der Waals surface area contributed by atoms with Gasteiger partial charge >= 0.3 is 5.97 Å². The molecule has 156 valence electrons. The van der Waals surface area contributed by atoms with Crippen LogP contribution in [0.5, 0.6) is 0 Å². The molecule has 7 bridgehead atoms. The molecule has 1 aliphatic heterocycles. The maximum Gasteiger partial charge on any atom is 0.302 e. The number of esters is 1. The van der Waals surface area contributed by atoms with Crippen molar-refractivity contribution in [1.29, 1.82) is 0 Å². The van der Waals surface area contributed by atoms with Crippen LogP contribution in [0, 0.1) is 40.4 Å².